The molecule has 0 saturated carbocycles. The number of halogens is 1. The van der Waals surface area contributed by atoms with Gasteiger partial charge in [0.05, 0.1) is 19.4 Å². The zero-order valence-electron chi connectivity index (χ0n) is 28.7. The van der Waals surface area contributed by atoms with Gasteiger partial charge in [-0.25, -0.2) is 0 Å². The van der Waals surface area contributed by atoms with Gasteiger partial charge in [-0.05, 0) is 19.3 Å². The Morgan fingerprint density at radius 3 is 1.00 bits per heavy atom. The van der Waals surface area contributed by atoms with E-state index in [9.17, 15) is 4.57 Å². The van der Waals surface area contributed by atoms with E-state index in [1.165, 1.54) is 160 Å². The van der Waals surface area contributed by atoms with Crippen LogP contribution in [-0.4, -0.2) is 38.6 Å². The van der Waals surface area contributed by atoms with Crippen molar-refractivity contribution in [3.63, 3.8) is 0 Å². The standard InChI is InChI=1S/C35H75O3P2.HI/c1-6-9-12-14-16-18-20-22-24-26-28-30-32-37-40(36,35-39(4,5)34-11-8-3)38-33-31-29-27-25-23-21-19-17-15-13-10-7-2;/h6-35H2,1-5H3;1H/q+1;/p-1. The van der Waals surface area contributed by atoms with Gasteiger partial charge in [0.15, 0.2) is 5.90 Å². The van der Waals surface area contributed by atoms with Crippen LogP contribution in [0.1, 0.15) is 188 Å². The van der Waals surface area contributed by atoms with Crippen molar-refractivity contribution in [2.45, 2.75) is 188 Å². The fourth-order valence-electron chi connectivity index (χ4n) is 5.54. The number of unbranched alkanes of at least 4 members (excludes halogenated alkanes) is 23. The average molecular weight is 733 g/mol. The Labute approximate surface area is 277 Å². The van der Waals surface area contributed by atoms with Crippen LogP contribution in [0.15, 0.2) is 0 Å². The summed E-state index contributed by atoms with van der Waals surface area (Å²) in [5.74, 6) is 0.663. The van der Waals surface area contributed by atoms with Crippen molar-refractivity contribution in [2.24, 2.45) is 0 Å². The predicted octanol–water partition coefficient (Wildman–Crippen LogP) is 10.7. The van der Waals surface area contributed by atoms with Crippen LogP contribution >= 0.6 is 14.9 Å². The molecule has 0 atom stereocenters. The highest BCUT2D eigenvalue weighted by Gasteiger charge is 2.38. The third kappa shape index (κ3) is 32.5. The molecule has 0 amide bonds. The first-order valence-corrected chi connectivity index (χ1v) is 22.9. The van der Waals surface area contributed by atoms with Crippen molar-refractivity contribution >= 4 is 14.9 Å². The summed E-state index contributed by atoms with van der Waals surface area (Å²) in [7, 11) is -4.26. The van der Waals surface area contributed by atoms with Crippen molar-refractivity contribution in [1.29, 1.82) is 0 Å². The lowest BCUT2D eigenvalue weighted by atomic mass is 10.1. The fourth-order valence-corrected chi connectivity index (χ4v) is 12.6. The zero-order chi connectivity index (χ0) is 29.6. The van der Waals surface area contributed by atoms with E-state index < -0.39 is 14.9 Å². The maximum absolute atomic E-state index is 13.8. The molecule has 0 fully saturated rings. The summed E-state index contributed by atoms with van der Waals surface area (Å²) in [5.41, 5.74) is 0. The fraction of sp³-hybridized carbons (Fsp3) is 1.00. The Hall–Kier alpha value is 1.31. The van der Waals surface area contributed by atoms with Gasteiger partial charge in [0.1, 0.15) is 0 Å². The second kappa shape index (κ2) is 32.7. The summed E-state index contributed by atoms with van der Waals surface area (Å²) in [6, 6.07) is 0. The number of rotatable bonds is 33. The van der Waals surface area contributed by atoms with E-state index in [0.717, 1.165) is 12.8 Å². The molecule has 0 aliphatic carbocycles. The molecule has 3 nitrogen and oxygen atoms in total. The lowest BCUT2D eigenvalue weighted by Gasteiger charge is -2.24. The van der Waals surface area contributed by atoms with Crippen molar-refractivity contribution in [1.82, 2.24) is 0 Å². The van der Waals surface area contributed by atoms with E-state index in [1.54, 1.807) is 0 Å². The van der Waals surface area contributed by atoms with Crippen LogP contribution < -0.4 is 24.0 Å². The van der Waals surface area contributed by atoms with Crippen LogP contribution in [0.4, 0.5) is 0 Å². The molecule has 6 heteroatoms. The van der Waals surface area contributed by atoms with Gasteiger partial charge in [0, 0.05) is 20.6 Å². The van der Waals surface area contributed by atoms with Gasteiger partial charge >= 0.3 is 7.60 Å². The van der Waals surface area contributed by atoms with Gasteiger partial charge in [0.2, 0.25) is 0 Å². The van der Waals surface area contributed by atoms with E-state index in [-0.39, 0.29) is 24.0 Å². The quantitative estimate of drug-likeness (QED) is 0.0383. The summed E-state index contributed by atoms with van der Waals surface area (Å²) in [6.45, 7) is 12.7. The molecule has 0 aromatic rings. The monoisotopic (exact) mass is 732 g/mol. The van der Waals surface area contributed by atoms with Gasteiger partial charge in [-0.2, -0.15) is 0 Å². The van der Waals surface area contributed by atoms with Crippen molar-refractivity contribution in [2.75, 3.05) is 38.6 Å². The molecular weight excluding hydrogens is 657 g/mol. The molecule has 0 rings (SSSR count). The molecule has 0 aromatic heterocycles. The third-order valence-corrected chi connectivity index (χ3v) is 15.4. The minimum Gasteiger partial charge on any atom is -1.00 e. The number of hydrogen-bond donors (Lipinski definition) is 0. The second-order valence-corrected chi connectivity index (χ2v) is 20.4. The maximum atomic E-state index is 13.8. The first kappa shape index (κ1) is 44.4. The molecule has 0 radical (unpaired) electrons. The van der Waals surface area contributed by atoms with Gasteiger partial charge in [-0.15, -0.1) is 0 Å². The van der Waals surface area contributed by atoms with E-state index in [4.69, 9.17) is 9.05 Å². The molecule has 0 heterocycles. The smallest absolute Gasteiger partial charge is 0.367 e. The van der Waals surface area contributed by atoms with Crippen LogP contribution in [0.2, 0.25) is 0 Å². The van der Waals surface area contributed by atoms with Gasteiger partial charge in [0.25, 0.3) is 0 Å². The van der Waals surface area contributed by atoms with Crippen molar-refractivity contribution in [3.8, 4) is 0 Å². The Balaban J connectivity index is 0. The second-order valence-electron chi connectivity index (χ2n) is 13.2. The third-order valence-electron chi connectivity index (χ3n) is 8.24. The van der Waals surface area contributed by atoms with E-state index in [1.807, 2.05) is 0 Å². The first-order valence-electron chi connectivity index (χ1n) is 18.1. The predicted molar refractivity (Wildman–Crippen MR) is 185 cm³/mol. The maximum Gasteiger partial charge on any atom is 0.367 e. The lowest BCUT2D eigenvalue weighted by Crippen LogP contribution is -3.00. The zero-order valence-corrected chi connectivity index (χ0v) is 32.7. The molecule has 0 N–H and O–H groups in total. The van der Waals surface area contributed by atoms with Crippen molar-refractivity contribution in [3.05, 3.63) is 0 Å². The highest BCUT2D eigenvalue weighted by atomic mass is 127. The first-order chi connectivity index (χ1) is 19.4. The van der Waals surface area contributed by atoms with Gasteiger partial charge in [-0.3, -0.25) is 4.57 Å². The largest absolute Gasteiger partial charge is 1.00 e. The summed E-state index contributed by atoms with van der Waals surface area (Å²) >= 11 is 0. The van der Waals surface area contributed by atoms with Crippen LogP contribution in [0.25, 0.3) is 0 Å². The molecule has 0 unspecified atom stereocenters. The molecule has 41 heavy (non-hydrogen) atoms. The molecule has 0 aliphatic rings. The normalized spacial score (nSPS) is 12.1. The minimum atomic E-state index is -3.00. The summed E-state index contributed by atoms with van der Waals surface area (Å²) in [5, 5.41) is 0. The van der Waals surface area contributed by atoms with E-state index in [0.29, 0.717) is 19.1 Å². The topological polar surface area (TPSA) is 35.5 Å². The molecule has 0 saturated heterocycles. The summed E-state index contributed by atoms with van der Waals surface area (Å²) in [6.07, 6.45) is 35.5. The average Bonchev–Trinajstić information content (AvgIpc) is 2.92. The van der Waals surface area contributed by atoms with E-state index in [2.05, 4.69) is 34.1 Å². The van der Waals surface area contributed by atoms with Crippen LogP contribution in [0.5, 0.6) is 0 Å². The molecule has 0 spiro atoms. The Morgan fingerprint density at radius 2 is 0.707 bits per heavy atom. The Morgan fingerprint density at radius 1 is 0.439 bits per heavy atom. The molecule has 250 valence electrons. The van der Waals surface area contributed by atoms with Gasteiger partial charge < -0.3 is 33.0 Å². The molecular formula is C35H75IO3P2. The Kier molecular flexibility index (Phi) is 35.4. The highest BCUT2D eigenvalue weighted by molar-refractivity contribution is 7.83. The molecule has 0 aliphatic heterocycles. The van der Waals surface area contributed by atoms with Crippen LogP contribution in [-0.2, 0) is 13.6 Å². The lowest BCUT2D eigenvalue weighted by molar-refractivity contribution is -0.0000139. The van der Waals surface area contributed by atoms with Crippen LogP contribution in [0, 0.1) is 0 Å². The molecule has 0 aromatic carbocycles. The van der Waals surface area contributed by atoms with Gasteiger partial charge in [-0.1, -0.05) is 168 Å². The SMILES string of the molecule is CCCCCCCCCCCCCCOP(=O)(C[P+](C)(C)CCCC)OCCCCCCCCCCCCCC.[I-]. The van der Waals surface area contributed by atoms with Crippen molar-refractivity contribution < 1.29 is 37.6 Å². The Bertz CT molecular complexity index is 526. The van der Waals surface area contributed by atoms with Crippen LogP contribution in [0.3, 0.4) is 0 Å². The number of hydrogen-bond acceptors (Lipinski definition) is 3. The minimum absolute atomic E-state index is 0. The highest BCUT2D eigenvalue weighted by Crippen LogP contribution is 2.66. The molecule has 0 bridgehead atoms. The summed E-state index contributed by atoms with van der Waals surface area (Å²) < 4.78 is 26.0. The van der Waals surface area contributed by atoms with E-state index >= 15 is 0 Å². The summed E-state index contributed by atoms with van der Waals surface area (Å²) in [4.78, 5) is 0.